The number of hydrogen-bond acceptors (Lipinski definition) is 5. The number of unbranched alkanes of at least 4 members (excludes halogenated alkanes) is 2. The van der Waals surface area contributed by atoms with Gasteiger partial charge >= 0.3 is 0 Å². The molecular weight excluding hydrogens is 444 g/mol. The van der Waals surface area contributed by atoms with Gasteiger partial charge in [-0.15, -0.1) is 0 Å². The van der Waals surface area contributed by atoms with E-state index in [1.807, 2.05) is 79.7 Å². The molecule has 3 aromatic carbocycles. The number of hydrogen-bond donors (Lipinski definition) is 0. The van der Waals surface area contributed by atoms with Crippen molar-refractivity contribution in [1.82, 2.24) is 4.98 Å². The van der Waals surface area contributed by atoms with Gasteiger partial charge in [0.25, 0.3) is 5.91 Å². The minimum absolute atomic E-state index is 0.0922. The van der Waals surface area contributed by atoms with E-state index in [0.29, 0.717) is 30.5 Å². The number of nitrogens with zero attached hydrogens (tertiary/aromatic N) is 2. The minimum atomic E-state index is -0.0922. The Hall–Kier alpha value is -3.38. The summed E-state index contributed by atoms with van der Waals surface area (Å²) in [6.45, 7) is 5.87. The van der Waals surface area contributed by atoms with E-state index >= 15 is 0 Å². The number of amides is 1. The van der Waals surface area contributed by atoms with Crippen LogP contribution in [-0.4, -0.2) is 24.1 Å². The quantitative estimate of drug-likeness (QED) is 0.217. The summed E-state index contributed by atoms with van der Waals surface area (Å²) < 4.78 is 12.4. The van der Waals surface area contributed by atoms with Crippen molar-refractivity contribution in [2.45, 2.75) is 39.7 Å². The maximum atomic E-state index is 13.6. The average Bonchev–Trinajstić information content (AvgIpc) is 3.29. The van der Waals surface area contributed by atoms with Crippen molar-refractivity contribution in [1.29, 1.82) is 0 Å². The average molecular weight is 475 g/mol. The second-order valence-corrected chi connectivity index (χ2v) is 9.02. The Labute approximate surface area is 205 Å². The lowest BCUT2D eigenvalue weighted by Gasteiger charge is -2.20. The molecule has 0 aliphatic carbocycles. The number of thiazole rings is 1. The molecule has 34 heavy (non-hydrogen) atoms. The van der Waals surface area contributed by atoms with Gasteiger partial charge in [-0.3, -0.25) is 9.69 Å². The summed E-state index contributed by atoms with van der Waals surface area (Å²) in [5, 5.41) is 0.664. The highest BCUT2D eigenvalue weighted by atomic mass is 32.1. The van der Waals surface area contributed by atoms with Gasteiger partial charge in [-0.25, -0.2) is 4.98 Å². The molecule has 1 amide bonds. The second kappa shape index (κ2) is 11.7. The van der Waals surface area contributed by atoms with Crippen LogP contribution in [0.25, 0.3) is 10.2 Å². The number of carbonyl (C=O) groups excluding carboxylic acids is 1. The van der Waals surface area contributed by atoms with Crippen molar-refractivity contribution >= 4 is 32.6 Å². The zero-order valence-electron chi connectivity index (χ0n) is 19.7. The first-order chi connectivity index (χ1) is 16.7. The monoisotopic (exact) mass is 474 g/mol. The molecule has 0 unspecified atom stereocenters. The number of benzene rings is 3. The number of ether oxygens (including phenoxy) is 2. The minimum Gasteiger partial charge on any atom is -0.494 e. The Bertz CT molecular complexity index is 1210. The second-order valence-electron chi connectivity index (χ2n) is 8.02. The molecule has 1 aromatic heterocycles. The van der Waals surface area contributed by atoms with E-state index in [1.54, 1.807) is 4.90 Å². The standard InChI is InChI=1S/C28H30N2O3S/c1-3-5-9-18-33-23-14-12-22(13-15-23)27(31)30(20-21-10-7-6-8-11-21)28-29-25-17-16-24(32-4-2)19-26(25)34-28/h6-8,10-17,19H,3-5,9,18,20H2,1-2H3. The molecular formula is C28H30N2O3S. The van der Waals surface area contributed by atoms with Gasteiger partial charge in [-0.05, 0) is 61.4 Å². The normalized spacial score (nSPS) is 10.9. The molecule has 0 N–H and O–H groups in total. The maximum Gasteiger partial charge on any atom is 0.260 e. The molecule has 176 valence electrons. The number of anilines is 1. The summed E-state index contributed by atoms with van der Waals surface area (Å²) >= 11 is 1.50. The van der Waals surface area contributed by atoms with Gasteiger partial charge < -0.3 is 9.47 Å². The first kappa shape index (κ1) is 23.8. The van der Waals surface area contributed by atoms with Crippen LogP contribution in [0, 0.1) is 0 Å². The third-order valence-electron chi connectivity index (χ3n) is 5.44. The van der Waals surface area contributed by atoms with E-state index in [-0.39, 0.29) is 5.91 Å². The summed E-state index contributed by atoms with van der Waals surface area (Å²) in [6.07, 6.45) is 3.34. The molecule has 1 heterocycles. The molecule has 0 saturated heterocycles. The molecule has 0 spiro atoms. The van der Waals surface area contributed by atoms with Crippen LogP contribution >= 0.6 is 11.3 Å². The summed E-state index contributed by atoms with van der Waals surface area (Å²) in [4.78, 5) is 20.2. The van der Waals surface area contributed by atoms with Crippen molar-refractivity contribution in [2.24, 2.45) is 0 Å². The van der Waals surface area contributed by atoms with Crippen molar-refractivity contribution in [3.63, 3.8) is 0 Å². The summed E-state index contributed by atoms with van der Waals surface area (Å²) in [5.74, 6) is 1.50. The van der Waals surface area contributed by atoms with Crippen LogP contribution in [-0.2, 0) is 6.54 Å². The first-order valence-electron chi connectivity index (χ1n) is 11.8. The molecule has 0 bridgehead atoms. The Morgan fingerprint density at radius 2 is 1.68 bits per heavy atom. The van der Waals surface area contributed by atoms with Crippen LogP contribution in [0.15, 0.2) is 72.8 Å². The van der Waals surface area contributed by atoms with Crippen LogP contribution in [0.5, 0.6) is 11.5 Å². The molecule has 0 fully saturated rings. The fraction of sp³-hybridized carbons (Fsp3) is 0.286. The number of aromatic nitrogens is 1. The molecule has 4 aromatic rings. The molecule has 5 nitrogen and oxygen atoms in total. The lowest BCUT2D eigenvalue weighted by Crippen LogP contribution is -2.30. The third kappa shape index (κ3) is 5.94. The summed E-state index contributed by atoms with van der Waals surface area (Å²) in [7, 11) is 0. The van der Waals surface area contributed by atoms with Crippen molar-refractivity contribution < 1.29 is 14.3 Å². The SMILES string of the molecule is CCCCCOc1ccc(C(=O)N(Cc2ccccc2)c2nc3ccc(OCC)cc3s2)cc1. The van der Waals surface area contributed by atoms with Gasteiger partial charge in [0.2, 0.25) is 0 Å². The molecule has 4 rings (SSSR count). The van der Waals surface area contributed by atoms with E-state index in [2.05, 4.69) is 6.92 Å². The van der Waals surface area contributed by atoms with E-state index in [4.69, 9.17) is 14.5 Å². The fourth-order valence-corrected chi connectivity index (χ4v) is 4.64. The lowest BCUT2D eigenvalue weighted by atomic mass is 10.1. The van der Waals surface area contributed by atoms with Gasteiger partial charge in [0.1, 0.15) is 11.5 Å². The molecule has 0 radical (unpaired) electrons. The highest BCUT2D eigenvalue weighted by Gasteiger charge is 2.22. The highest BCUT2D eigenvalue weighted by Crippen LogP contribution is 2.33. The Morgan fingerprint density at radius 1 is 0.912 bits per heavy atom. The van der Waals surface area contributed by atoms with E-state index < -0.39 is 0 Å². The van der Waals surface area contributed by atoms with Crippen LogP contribution in [0.4, 0.5) is 5.13 Å². The third-order valence-corrected chi connectivity index (χ3v) is 6.48. The largest absolute Gasteiger partial charge is 0.494 e. The van der Waals surface area contributed by atoms with Gasteiger partial charge in [0, 0.05) is 5.56 Å². The molecule has 6 heteroatoms. The van der Waals surface area contributed by atoms with Gasteiger partial charge in [-0.1, -0.05) is 61.4 Å². The van der Waals surface area contributed by atoms with Crippen molar-refractivity contribution in [2.75, 3.05) is 18.1 Å². The Morgan fingerprint density at radius 3 is 2.41 bits per heavy atom. The summed E-state index contributed by atoms with van der Waals surface area (Å²) in [5.41, 5.74) is 2.50. The van der Waals surface area contributed by atoms with Gasteiger partial charge in [0.15, 0.2) is 5.13 Å². The number of carbonyl (C=O) groups is 1. The number of fused-ring (bicyclic) bond motifs is 1. The molecule has 0 aliphatic heterocycles. The smallest absolute Gasteiger partial charge is 0.260 e. The molecule has 0 atom stereocenters. The van der Waals surface area contributed by atoms with Gasteiger partial charge in [-0.2, -0.15) is 0 Å². The molecule has 0 saturated carbocycles. The van der Waals surface area contributed by atoms with Crippen molar-refractivity contribution in [3.05, 3.63) is 83.9 Å². The lowest BCUT2D eigenvalue weighted by molar-refractivity contribution is 0.0985. The van der Waals surface area contributed by atoms with Crippen molar-refractivity contribution in [3.8, 4) is 11.5 Å². The van der Waals surface area contributed by atoms with Gasteiger partial charge in [0.05, 0.1) is 30.0 Å². The zero-order valence-corrected chi connectivity index (χ0v) is 20.5. The highest BCUT2D eigenvalue weighted by molar-refractivity contribution is 7.22. The number of rotatable bonds is 11. The Balaban J connectivity index is 1.59. The molecule has 0 aliphatic rings. The maximum absolute atomic E-state index is 13.6. The summed E-state index contributed by atoms with van der Waals surface area (Å²) in [6, 6.07) is 23.2. The topological polar surface area (TPSA) is 51.7 Å². The van der Waals surface area contributed by atoms with E-state index in [1.165, 1.54) is 11.3 Å². The van der Waals surface area contributed by atoms with Crippen LogP contribution in [0.1, 0.15) is 49.0 Å². The van der Waals surface area contributed by atoms with E-state index in [9.17, 15) is 4.79 Å². The predicted molar refractivity (Wildman–Crippen MR) is 139 cm³/mol. The predicted octanol–water partition coefficient (Wildman–Crippen LogP) is 7.11. The Kier molecular flexibility index (Phi) is 8.15. The van der Waals surface area contributed by atoms with Crippen LogP contribution in [0.3, 0.4) is 0 Å². The fourth-order valence-electron chi connectivity index (χ4n) is 3.65. The van der Waals surface area contributed by atoms with Crippen LogP contribution in [0.2, 0.25) is 0 Å². The first-order valence-corrected chi connectivity index (χ1v) is 12.6. The zero-order chi connectivity index (χ0) is 23.8. The van der Waals surface area contributed by atoms with E-state index in [0.717, 1.165) is 46.5 Å². The van der Waals surface area contributed by atoms with Crippen LogP contribution < -0.4 is 14.4 Å².